The molecule has 12 nitrogen and oxygen atoms in total. The summed E-state index contributed by atoms with van der Waals surface area (Å²) in [6.45, 7) is 3.29. The van der Waals surface area contributed by atoms with Crippen molar-refractivity contribution in [1.82, 2.24) is 19.5 Å². The van der Waals surface area contributed by atoms with Gasteiger partial charge >= 0.3 is 6.03 Å². The number of carbonyl (C=O) groups excluding carboxylic acids is 3. The van der Waals surface area contributed by atoms with Crippen LogP contribution in [0.25, 0.3) is 11.3 Å². The molecule has 192 valence electrons. The van der Waals surface area contributed by atoms with E-state index in [1.165, 1.54) is 22.7 Å². The van der Waals surface area contributed by atoms with Crippen LogP contribution in [0.3, 0.4) is 0 Å². The molecule has 0 atom stereocenters. The van der Waals surface area contributed by atoms with Crippen LogP contribution in [-0.2, 0) is 16.1 Å². The number of hydrogen-bond acceptors (Lipinski definition) is 8. The first-order valence-corrected chi connectivity index (χ1v) is 11.9. The Labute approximate surface area is 213 Å². The number of rotatable bonds is 4. The number of aromatic nitrogens is 2. The van der Waals surface area contributed by atoms with Crippen LogP contribution in [0.2, 0.25) is 0 Å². The average molecular weight is 505 g/mol. The van der Waals surface area contributed by atoms with Crippen molar-refractivity contribution in [1.29, 1.82) is 0 Å². The first-order valence-electron chi connectivity index (χ1n) is 11.9. The molecule has 12 heteroatoms. The minimum absolute atomic E-state index is 0.0708. The molecule has 0 spiro atoms. The van der Waals surface area contributed by atoms with Gasteiger partial charge in [0.2, 0.25) is 5.91 Å². The number of anilines is 3. The molecule has 0 unspecified atom stereocenters. The number of hydrazine groups is 1. The Kier molecular flexibility index (Phi) is 6.51. The molecule has 3 aromatic rings. The number of ketones is 1. The topological polar surface area (TPSA) is 152 Å². The van der Waals surface area contributed by atoms with Gasteiger partial charge in [0.1, 0.15) is 5.82 Å². The third kappa shape index (κ3) is 4.59. The van der Waals surface area contributed by atoms with Crippen molar-refractivity contribution in [2.24, 2.45) is 5.84 Å². The van der Waals surface area contributed by atoms with Gasteiger partial charge in [-0.1, -0.05) is 18.2 Å². The molecule has 5 rings (SSSR count). The first-order chi connectivity index (χ1) is 17.8. The van der Waals surface area contributed by atoms with Crippen LogP contribution in [-0.4, -0.2) is 70.0 Å². The lowest BCUT2D eigenvalue weighted by Crippen LogP contribution is -2.51. The number of fused-ring (bicyclic) bond motifs is 1. The van der Waals surface area contributed by atoms with Crippen LogP contribution >= 0.6 is 0 Å². The standard InChI is InChI=1S/C25H28N8O4/c1-16(34)32(26)21-13-17(7-8-28-21)24-23(29-18-5-3-2-4-6-18)22-19(33(24)27)14-31(15-20(22)35)25(36)30-9-11-37-12-10-30/h2-8,13,29H,9-12,14-15,26-27H2,1H3. The number of nitrogens with zero attached hydrogens (tertiary/aromatic N) is 5. The number of nitrogens with two attached hydrogens (primary N) is 2. The number of amides is 3. The van der Waals surface area contributed by atoms with E-state index >= 15 is 0 Å². The van der Waals surface area contributed by atoms with E-state index in [4.69, 9.17) is 16.4 Å². The minimum Gasteiger partial charge on any atom is -0.378 e. The molecule has 0 radical (unpaired) electrons. The second kappa shape index (κ2) is 9.91. The fourth-order valence-electron chi connectivity index (χ4n) is 4.60. The number of hydrogen-bond donors (Lipinski definition) is 3. The lowest BCUT2D eigenvalue weighted by atomic mass is 10.0. The second-order valence-electron chi connectivity index (χ2n) is 8.86. The number of benzene rings is 1. The molecular formula is C25H28N8O4. The van der Waals surface area contributed by atoms with E-state index in [1.807, 2.05) is 30.3 Å². The molecule has 0 bridgehead atoms. The van der Waals surface area contributed by atoms with E-state index in [9.17, 15) is 14.4 Å². The summed E-state index contributed by atoms with van der Waals surface area (Å²) in [4.78, 5) is 45.9. The molecule has 1 aromatic carbocycles. The van der Waals surface area contributed by atoms with E-state index in [1.54, 1.807) is 17.0 Å². The normalized spacial score (nSPS) is 15.4. The van der Waals surface area contributed by atoms with Crippen molar-refractivity contribution in [2.45, 2.75) is 13.5 Å². The lowest BCUT2D eigenvalue weighted by Gasteiger charge is -2.34. The number of ether oxygens (including phenoxy) is 1. The van der Waals surface area contributed by atoms with Gasteiger partial charge < -0.3 is 25.7 Å². The smallest absolute Gasteiger partial charge is 0.320 e. The summed E-state index contributed by atoms with van der Waals surface area (Å²) in [5, 5.41) is 4.28. The SMILES string of the molecule is CC(=O)N(N)c1cc(-c2c(Nc3ccccc3)c3c(n2N)CN(C(=O)N2CCOCC2)CC3=O)ccn1. The third-order valence-corrected chi connectivity index (χ3v) is 6.46. The summed E-state index contributed by atoms with van der Waals surface area (Å²) in [6.07, 6.45) is 1.52. The maximum absolute atomic E-state index is 13.5. The zero-order valence-electron chi connectivity index (χ0n) is 20.4. The Bertz CT molecular complexity index is 1350. The van der Waals surface area contributed by atoms with Gasteiger partial charge in [-0.05, 0) is 24.3 Å². The van der Waals surface area contributed by atoms with E-state index in [0.717, 1.165) is 10.7 Å². The molecule has 1 saturated heterocycles. The minimum atomic E-state index is -0.387. The van der Waals surface area contributed by atoms with Crippen LogP contribution in [0, 0.1) is 0 Å². The van der Waals surface area contributed by atoms with Crippen LogP contribution in [0.1, 0.15) is 23.0 Å². The molecule has 5 N–H and O–H groups in total. The van der Waals surface area contributed by atoms with E-state index in [-0.39, 0.29) is 36.6 Å². The number of carbonyl (C=O) groups is 3. The van der Waals surface area contributed by atoms with Gasteiger partial charge in [-0.15, -0.1) is 0 Å². The highest BCUT2D eigenvalue weighted by molar-refractivity contribution is 6.09. The molecule has 2 aliphatic heterocycles. The quantitative estimate of drug-likeness (QED) is 0.276. The Morgan fingerprint density at radius 1 is 1.08 bits per heavy atom. The summed E-state index contributed by atoms with van der Waals surface area (Å²) in [5.74, 6) is 12.1. The molecule has 4 heterocycles. The van der Waals surface area contributed by atoms with Gasteiger partial charge in [-0.3, -0.25) is 14.3 Å². The molecule has 3 amide bonds. The molecular weight excluding hydrogens is 476 g/mol. The maximum atomic E-state index is 13.5. The number of nitrogens with one attached hydrogen (secondary N) is 1. The molecule has 2 aromatic heterocycles. The van der Waals surface area contributed by atoms with Gasteiger partial charge in [0.25, 0.3) is 0 Å². The highest BCUT2D eigenvalue weighted by Crippen LogP contribution is 2.40. The van der Waals surface area contributed by atoms with Crippen LogP contribution in [0.5, 0.6) is 0 Å². The molecule has 1 fully saturated rings. The predicted octanol–water partition coefficient (Wildman–Crippen LogP) is 1.68. The first kappa shape index (κ1) is 24.3. The zero-order chi connectivity index (χ0) is 26.1. The number of Topliss-reactive ketones (excluding diaryl/α,β-unsaturated/α-hetero) is 1. The van der Waals surface area contributed by atoms with Crippen LogP contribution in [0.15, 0.2) is 48.7 Å². The molecule has 0 saturated carbocycles. The Morgan fingerprint density at radius 2 is 1.81 bits per heavy atom. The zero-order valence-corrected chi connectivity index (χ0v) is 20.4. The van der Waals surface area contributed by atoms with Crippen LogP contribution in [0.4, 0.5) is 22.0 Å². The van der Waals surface area contributed by atoms with Crippen molar-refractivity contribution in [2.75, 3.05) is 49.0 Å². The Balaban J connectivity index is 1.60. The largest absolute Gasteiger partial charge is 0.378 e. The molecule has 0 aliphatic carbocycles. The van der Waals surface area contributed by atoms with Gasteiger partial charge in [-0.25, -0.2) is 20.6 Å². The van der Waals surface area contributed by atoms with Crippen molar-refractivity contribution in [3.8, 4) is 11.3 Å². The van der Waals surface area contributed by atoms with Gasteiger partial charge in [0.15, 0.2) is 5.78 Å². The summed E-state index contributed by atoms with van der Waals surface area (Å²) in [7, 11) is 0. The highest BCUT2D eigenvalue weighted by Gasteiger charge is 2.36. The number of pyridine rings is 1. The van der Waals surface area contributed by atoms with Crippen molar-refractivity contribution < 1.29 is 19.1 Å². The van der Waals surface area contributed by atoms with Gasteiger partial charge in [-0.2, -0.15) is 0 Å². The third-order valence-electron chi connectivity index (χ3n) is 6.46. The summed E-state index contributed by atoms with van der Waals surface area (Å²) in [6, 6.07) is 12.5. The predicted molar refractivity (Wildman–Crippen MR) is 137 cm³/mol. The second-order valence-corrected chi connectivity index (χ2v) is 8.86. The van der Waals surface area contributed by atoms with E-state index in [2.05, 4.69) is 10.3 Å². The van der Waals surface area contributed by atoms with Crippen LogP contribution < -0.4 is 22.0 Å². The summed E-state index contributed by atoms with van der Waals surface area (Å²) < 4.78 is 6.77. The fourth-order valence-corrected chi connectivity index (χ4v) is 4.60. The number of urea groups is 1. The van der Waals surface area contributed by atoms with Crippen molar-refractivity contribution >= 4 is 34.9 Å². The van der Waals surface area contributed by atoms with E-state index in [0.29, 0.717) is 54.5 Å². The summed E-state index contributed by atoms with van der Waals surface area (Å²) >= 11 is 0. The highest BCUT2D eigenvalue weighted by atomic mass is 16.5. The van der Waals surface area contributed by atoms with Gasteiger partial charge in [0.05, 0.1) is 48.9 Å². The molecule has 2 aliphatic rings. The lowest BCUT2D eigenvalue weighted by molar-refractivity contribution is -0.116. The number of nitrogen functional groups attached to an aromatic ring is 1. The Hall–Kier alpha value is -4.42. The monoisotopic (exact) mass is 504 g/mol. The maximum Gasteiger partial charge on any atom is 0.320 e. The molecule has 37 heavy (non-hydrogen) atoms. The number of para-hydroxylation sites is 1. The van der Waals surface area contributed by atoms with Crippen molar-refractivity contribution in [3.63, 3.8) is 0 Å². The average Bonchev–Trinajstić information content (AvgIpc) is 3.20. The van der Waals surface area contributed by atoms with E-state index < -0.39 is 0 Å². The van der Waals surface area contributed by atoms with Gasteiger partial charge in [0, 0.05) is 37.5 Å². The van der Waals surface area contributed by atoms with Crippen molar-refractivity contribution in [3.05, 3.63) is 59.9 Å². The number of morpholine rings is 1. The Morgan fingerprint density at radius 3 is 2.51 bits per heavy atom. The summed E-state index contributed by atoms with van der Waals surface area (Å²) in [5.41, 5.74) is 3.29. The fraction of sp³-hybridized carbons (Fsp3) is 0.280.